The Kier molecular flexibility index (Phi) is 2.73. The number of nitrogens with two attached hydrogens (primary N) is 1. The molecule has 0 aromatic heterocycles. The Balaban J connectivity index is 3.00. The molecule has 2 nitrogen and oxygen atoms in total. The molecule has 0 aliphatic heterocycles. The highest BCUT2D eigenvalue weighted by Crippen LogP contribution is 2.17. The van der Waals surface area contributed by atoms with Crippen LogP contribution in [-0.4, -0.2) is 0 Å². The minimum Gasteiger partial charge on any atom is -0.297 e. The predicted molar refractivity (Wildman–Crippen MR) is 40.0 cm³/mol. The Morgan fingerprint density at radius 2 is 1.75 bits per heavy atom. The summed E-state index contributed by atoms with van der Waals surface area (Å²) in [6.07, 6.45) is -0.504. The summed E-state index contributed by atoms with van der Waals surface area (Å²) in [5, 5.41) is 0. The lowest BCUT2D eigenvalue weighted by molar-refractivity contribution is 0.0660. The molecule has 0 aliphatic carbocycles. The molecule has 66 valence electrons. The number of hydrogen-bond acceptors (Lipinski definition) is 2. The normalized spacial score (nSPS) is 13.0. The highest BCUT2D eigenvalue weighted by Gasteiger charge is 2.07. The van der Waals surface area contributed by atoms with E-state index in [0.29, 0.717) is 5.56 Å². The number of halogens is 2. The second-order valence-electron chi connectivity index (χ2n) is 2.48. The van der Waals surface area contributed by atoms with Crippen molar-refractivity contribution in [2.45, 2.75) is 13.0 Å². The van der Waals surface area contributed by atoms with Gasteiger partial charge >= 0.3 is 0 Å². The van der Waals surface area contributed by atoms with Gasteiger partial charge in [-0.25, -0.2) is 14.7 Å². The van der Waals surface area contributed by atoms with Crippen molar-refractivity contribution in [1.82, 2.24) is 0 Å². The minimum absolute atomic E-state index is 0.384. The average molecular weight is 173 g/mol. The zero-order valence-electron chi connectivity index (χ0n) is 6.55. The summed E-state index contributed by atoms with van der Waals surface area (Å²) in [5.41, 5.74) is 0.384. The maximum atomic E-state index is 12.6. The third kappa shape index (κ3) is 1.99. The van der Waals surface area contributed by atoms with Gasteiger partial charge in [-0.3, -0.25) is 4.84 Å². The maximum absolute atomic E-state index is 12.6. The summed E-state index contributed by atoms with van der Waals surface area (Å²) in [4.78, 5) is 4.41. The highest BCUT2D eigenvalue weighted by molar-refractivity contribution is 5.19. The minimum atomic E-state index is -0.631. The first-order valence-corrected chi connectivity index (χ1v) is 3.45. The van der Waals surface area contributed by atoms with E-state index in [1.54, 1.807) is 6.92 Å². The van der Waals surface area contributed by atoms with Crippen molar-refractivity contribution < 1.29 is 13.6 Å². The van der Waals surface area contributed by atoms with Crippen LogP contribution in [0.2, 0.25) is 0 Å². The first kappa shape index (κ1) is 9.09. The van der Waals surface area contributed by atoms with Crippen LogP contribution < -0.4 is 5.90 Å². The first-order chi connectivity index (χ1) is 5.63. The van der Waals surface area contributed by atoms with E-state index in [-0.39, 0.29) is 0 Å². The van der Waals surface area contributed by atoms with E-state index in [4.69, 9.17) is 5.90 Å². The van der Waals surface area contributed by atoms with Gasteiger partial charge < -0.3 is 0 Å². The fourth-order valence-electron chi connectivity index (χ4n) is 0.888. The van der Waals surface area contributed by atoms with Gasteiger partial charge in [0.2, 0.25) is 0 Å². The maximum Gasteiger partial charge on any atom is 0.126 e. The summed E-state index contributed by atoms with van der Waals surface area (Å²) in [7, 11) is 0. The predicted octanol–water partition coefficient (Wildman–Crippen LogP) is 1.92. The molecule has 12 heavy (non-hydrogen) atoms. The standard InChI is InChI=1S/C8H9F2NO/c1-5(12-11)6-2-7(9)4-8(10)3-6/h2-5H,11H2,1H3. The summed E-state index contributed by atoms with van der Waals surface area (Å²) >= 11 is 0. The Morgan fingerprint density at radius 3 is 2.17 bits per heavy atom. The van der Waals surface area contributed by atoms with Crippen molar-refractivity contribution >= 4 is 0 Å². The smallest absolute Gasteiger partial charge is 0.126 e. The fraction of sp³-hybridized carbons (Fsp3) is 0.250. The summed E-state index contributed by atoms with van der Waals surface area (Å²) < 4.78 is 25.2. The molecule has 1 rings (SSSR count). The van der Waals surface area contributed by atoms with Crippen molar-refractivity contribution in [3.63, 3.8) is 0 Å². The van der Waals surface area contributed by atoms with Crippen LogP contribution in [0.25, 0.3) is 0 Å². The Labute approximate surface area is 68.9 Å². The third-order valence-electron chi connectivity index (χ3n) is 1.56. The molecule has 0 fully saturated rings. The molecule has 1 atom stereocenters. The average Bonchev–Trinajstić information content (AvgIpc) is 2.01. The lowest BCUT2D eigenvalue weighted by Gasteiger charge is -2.08. The number of rotatable bonds is 2. The Bertz CT molecular complexity index is 258. The van der Waals surface area contributed by atoms with Crippen LogP contribution in [-0.2, 0) is 4.84 Å². The zero-order chi connectivity index (χ0) is 9.14. The van der Waals surface area contributed by atoms with Gasteiger partial charge in [-0.1, -0.05) is 0 Å². The van der Waals surface area contributed by atoms with E-state index in [1.807, 2.05) is 0 Å². The molecular formula is C8H9F2NO. The van der Waals surface area contributed by atoms with Crippen molar-refractivity contribution in [3.05, 3.63) is 35.4 Å². The van der Waals surface area contributed by atoms with E-state index < -0.39 is 17.7 Å². The van der Waals surface area contributed by atoms with Crippen LogP contribution in [0.1, 0.15) is 18.6 Å². The van der Waals surface area contributed by atoms with E-state index in [0.717, 1.165) is 6.07 Å². The molecule has 0 bridgehead atoms. The second-order valence-corrected chi connectivity index (χ2v) is 2.48. The Hall–Kier alpha value is -1.00. The molecule has 1 aromatic rings. The van der Waals surface area contributed by atoms with Crippen LogP contribution in [0.3, 0.4) is 0 Å². The van der Waals surface area contributed by atoms with Gasteiger partial charge in [-0.2, -0.15) is 0 Å². The lowest BCUT2D eigenvalue weighted by Crippen LogP contribution is -2.05. The van der Waals surface area contributed by atoms with Gasteiger partial charge in [0.15, 0.2) is 0 Å². The number of benzene rings is 1. The Morgan fingerprint density at radius 1 is 1.25 bits per heavy atom. The molecule has 2 N–H and O–H groups in total. The van der Waals surface area contributed by atoms with Crippen molar-refractivity contribution in [1.29, 1.82) is 0 Å². The fourth-order valence-corrected chi connectivity index (χ4v) is 0.888. The third-order valence-corrected chi connectivity index (χ3v) is 1.56. The molecule has 4 heteroatoms. The van der Waals surface area contributed by atoms with Crippen LogP contribution in [0.15, 0.2) is 18.2 Å². The molecule has 1 aromatic carbocycles. The zero-order valence-corrected chi connectivity index (χ0v) is 6.55. The molecule has 0 saturated carbocycles. The molecule has 0 spiro atoms. The summed E-state index contributed by atoms with van der Waals surface area (Å²) in [5.74, 6) is 3.60. The second kappa shape index (κ2) is 3.60. The molecule has 0 amide bonds. The van der Waals surface area contributed by atoms with E-state index in [1.165, 1.54) is 12.1 Å². The van der Waals surface area contributed by atoms with Gasteiger partial charge in [-0.15, -0.1) is 0 Å². The lowest BCUT2D eigenvalue weighted by atomic mass is 10.1. The largest absolute Gasteiger partial charge is 0.297 e. The van der Waals surface area contributed by atoms with E-state index >= 15 is 0 Å². The summed E-state index contributed by atoms with van der Waals surface area (Å²) in [6.45, 7) is 1.61. The van der Waals surface area contributed by atoms with Gasteiger partial charge in [0.1, 0.15) is 17.7 Å². The van der Waals surface area contributed by atoms with Crippen molar-refractivity contribution in [3.8, 4) is 0 Å². The number of hydrogen-bond donors (Lipinski definition) is 1. The topological polar surface area (TPSA) is 35.2 Å². The van der Waals surface area contributed by atoms with Gasteiger partial charge in [0.25, 0.3) is 0 Å². The van der Waals surface area contributed by atoms with Gasteiger partial charge in [0, 0.05) is 6.07 Å². The monoisotopic (exact) mass is 173 g/mol. The van der Waals surface area contributed by atoms with Gasteiger partial charge in [-0.05, 0) is 24.6 Å². The molecule has 0 radical (unpaired) electrons. The first-order valence-electron chi connectivity index (χ1n) is 3.45. The van der Waals surface area contributed by atoms with Crippen molar-refractivity contribution in [2.24, 2.45) is 5.90 Å². The molecule has 0 saturated heterocycles. The van der Waals surface area contributed by atoms with Crippen molar-refractivity contribution in [2.75, 3.05) is 0 Å². The van der Waals surface area contributed by atoms with E-state index in [2.05, 4.69) is 4.84 Å². The SMILES string of the molecule is CC(ON)c1cc(F)cc(F)c1. The molecule has 1 unspecified atom stereocenters. The van der Waals surface area contributed by atoms with Crippen LogP contribution in [0.4, 0.5) is 8.78 Å². The quantitative estimate of drug-likeness (QED) is 0.693. The molecule has 0 aliphatic rings. The molecular weight excluding hydrogens is 164 g/mol. The van der Waals surface area contributed by atoms with Crippen LogP contribution in [0, 0.1) is 11.6 Å². The van der Waals surface area contributed by atoms with E-state index in [9.17, 15) is 8.78 Å². The molecule has 0 heterocycles. The van der Waals surface area contributed by atoms with Gasteiger partial charge in [0.05, 0.1) is 0 Å². The summed E-state index contributed by atoms with van der Waals surface area (Å²) in [6, 6.07) is 3.16. The van der Waals surface area contributed by atoms with Crippen LogP contribution in [0.5, 0.6) is 0 Å². The highest BCUT2D eigenvalue weighted by atomic mass is 19.1. The van der Waals surface area contributed by atoms with Crippen LogP contribution >= 0.6 is 0 Å².